The third-order valence-corrected chi connectivity index (χ3v) is 5.10. The number of rotatable bonds is 12. The van der Waals surface area contributed by atoms with Crippen LogP contribution in [0, 0.1) is 11.3 Å². The number of aliphatic hydroxyl groups is 1. The average Bonchev–Trinajstić information content (AvgIpc) is 3.49. The Balaban J connectivity index is 1.65. The monoisotopic (exact) mass is 408 g/mol. The standard InChI is InChI=1S/C24H28N2O4/c1-18-17-26(18)24-20(9-8-19-5-2-3-6-22(19)24)15-21(16-25)23(28)7-4-11-29-13-14-30-12-10-27/h2-3,5-6,8-9,15,18,27H,4,7,10-14,17H2,1H3/b21-15+. The first kappa shape index (κ1) is 22.0. The highest BCUT2D eigenvalue weighted by Gasteiger charge is 2.32. The third-order valence-electron chi connectivity index (χ3n) is 5.10. The summed E-state index contributed by atoms with van der Waals surface area (Å²) in [4.78, 5) is 14.9. The summed E-state index contributed by atoms with van der Waals surface area (Å²) < 4.78 is 10.5. The van der Waals surface area contributed by atoms with E-state index in [1.54, 1.807) is 6.08 Å². The molecule has 2 aromatic carbocycles. The maximum atomic E-state index is 12.6. The lowest BCUT2D eigenvalue weighted by Crippen LogP contribution is -2.09. The molecule has 1 atom stereocenters. The molecule has 1 heterocycles. The molecule has 158 valence electrons. The molecule has 6 heteroatoms. The summed E-state index contributed by atoms with van der Waals surface area (Å²) >= 11 is 0. The summed E-state index contributed by atoms with van der Waals surface area (Å²) in [6.45, 7) is 4.70. The van der Waals surface area contributed by atoms with Crippen LogP contribution in [0.4, 0.5) is 5.69 Å². The molecule has 2 aromatic rings. The number of nitriles is 1. The van der Waals surface area contributed by atoms with Gasteiger partial charge in [-0.3, -0.25) is 4.79 Å². The number of ketones is 1. The largest absolute Gasteiger partial charge is 0.394 e. The van der Waals surface area contributed by atoms with Gasteiger partial charge in [-0.2, -0.15) is 5.26 Å². The Labute approximate surface area is 177 Å². The minimum Gasteiger partial charge on any atom is -0.394 e. The molecule has 1 unspecified atom stereocenters. The van der Waals surface area contributed by atoms with Crippen molar-refractivity contribution in [3.05, 3.63) is 47.5 Å². The molecule has 0 spiro atoms. The van der Waals surface area contributed by atoms with E-state index >= 15 is 0 Å². The van der Waals surface area contributed by atoms with Gasteiger partial charge in [-0.25, -0.2) is 0 Å². The van der Waals surface area contributed by atoms with Gasteiger partial charge >= 0.3 is 0 Å². The fraction of sp³-hybridized carbons (Fsp3) is 0.417. The van der Waals surface area contributed by atoms with Crippen molar-refractivity contribution >= 4 is 28.3 Å². The molecule has 0 radical (unpaired) electrons. The molecule has 0 aromatic heterocycles. The number of hydrogen-bond acceptors (Lipinski definition) is 6. The zero-order valence-corrected chi connectivity index (χ0v) is 17.3. The van der Waals surface area contributed by atoms with Crippen LogP contribution in [0.5, 0.6) is 0 Å². The fourth-order valence-corrected chi connectivity index (χ4v) is 3.44. The molecule has 0 saturated carbocycles. The Kier molecular flexibility index (Phi) is 7.97. The van der Waals surface area contributed by atoms with Crippen LogP contribution in [-0.2, 0) is 14.3 Å². The van der Waals surface area contributed by atoms with E-state index in [0.717, 1.165) is 28.6 Å². The van der Waals surface area contributed by atoms with Crippen LogP contribution in [0.1, 0.15) is 25.3 Å². The van der Waals surface area contributed by atoms with Gasteiger partial charge in [0.05, 0.1) is 37.7 Å². The molecule has 0 amide bonds. The molecule has 1 aliphatic heterocycles. The molecule has 1 N–H and O–H groups in total. The van der Waals surface area contributed by atoms with Crippen molar-refractivity contribution in [1.82, 2.24) is 0 Å². The van der Waals surface area contributed by atoms with Crippen LogP contribution in [0.2, 0.25) is 0 Å². The zero-order valence-electron chi connectivity index (χ0n) is 17.3. The summed E-state index contributed by atoms with van der Waals surface area (Å²) in [6.07, 6.45) is 2.53. The van der Waals surface area contributed by atoms with E-state index in [2.05, 4.69) is 30.0 Å². The van der Waals surface area contributed by atoms with Crippen LogP contribution in [0.3, 0.4) is 0 Å². The highest BCUT2D eigenvalue weighted by atomic mass is 16.5. The molecular formula is C24H28N2O4. The minimum atomic E-state index is -0.171. The maximum Gasteiger partial charge on any atom is 0.173 e. The fourth-order valence-electron chi connectivity index (χ4n) is 3.44. The second-order valence-corrected chi connectivity index (χ2v) is 7.37. The van der Waals surface area contributed by atoms with E-state index in [1.165, 1.54) is 0 Å². The summed E-state index contributed by atoms with van der Waals surface area (Å²) in [5, 5.41) is 20.5. The van der Waals surface area contributed by atoms with Crippen molar-refractivity contribution in [3.63, 3.8) is 0 Å². The first-order valence-corrected chi connectivity index (χ1v) is 10.4. The molecule has 0 bridgehead atoms. The number of benzene rings is 2. The molecule has 1 fully saturated rings. The smallest absolute Gasteiger partial charge is 0.173 e. The highest BCUT2D eigenvalue weighted by molar-refractivity contribution is 6.06. The molecule has 1 saturated heterocycles. The van der Waals surface area contributed by atoms with Crippen LogP contribution < -0.4 is 4.90 Å². The van der Waals surface area contributed by atoms with Crippen LogP contribution in [0.25, 0.3) is 16.8 Å². The first-order chi connectivity index (χ1) is 14.7. The van der Waals surface area contributed by atoms with Gasteiger partial charge in [0.15, 0.2) is 5.78 Å². The van der Waals surface area contributed by atoms with Gasteiger partial charge in [0, 0.05) is 31.0 Å². The van der Waals surface area contributed by atoms with Crippen molar-refractivity contribution < 1.29 is 19.4 Å². The lowest BCUT2D eigenvalue weighted by Gasteiger charge is -2.13. The number of ether oxygens (including phenoxy) is 2. The number of allylic oxidation sites excluding steroid dienone is 1. The number of hydrogen-bond donors (Lipinski definition) is 1. The average molecular weight is 408 g/mol. The third kappa shape index (κ3) is 5.67. The quantitative estimate of drug-likeness (QED) is 0.251. The van der Waals surface area contributed by atoms with Gasteiger partial charge in [-0.05, 0) is 30.4 Å². The molecule has 30 heavy (non-hydrogen) atoms. The highest BCUT2D eigenvalue weighted by Crippen LogP contribution is 2.38. The molecule has 3 rings (SSSR count). The first-order valence-electron chi connectivity index (χ1n) is 10.4. The Morgan fingerprint density at radius 2 is 1.93 bits per heavy atom. The Morgan fingerprint density at radius 3 is 2.63 bits per heavy atom. The number of carbonyl (C=O) groups excluding carboxylic acids is 1. The Bertz CT molecular complexity index is 948. The summed E-state index contributed by atoms with van der Waals surface area (Å²) in [7, 11) is 0. The van der Waals surface area contributed by atoms with E-state index < -0.39 is 0 Å². The van der Waals surface area contributed by atoms with Crippen molar-refractivity contribution in [3.8, 4) is 6.07 Å². The van der Waals surface area contributed by atoms with Crippen molar-refractivity contribution in [2.24, 2.45) is 0 Å². The van der Waals surface area contributed by atoms with Gasteiger partial charge in [-0.1, -0.05) is 36.4 Å². The normalized spacial score (nSPS) is 16.0. The second-order valence-electron chi connectivity index (χ2n) is 7.37. The predicted molar refractivity (Wildman–Crippen MR) is 117 cm³/mol. The van der Waals surface area contributed by atoms with Gasteiger partial charge in [0.25, 0.3) is 0 Å². The Hall–Kier alpha value is -2.72. The van der Waals surface area contributed by atoms with E-state index in [4.69, 9.17) is 14.6 Å². The Morgan fingerprint density at radius 1 is 1.20 bits per heavy atom. The molecule has 0 aliphatic carbocycles. The number of nitrogens with zero attached hydrogens (tertiary/aromatic N) is 2. The molecular weight excluding hydrogens is 380 g/mol. The molecule has 6 nitrogen and oxygen atoms in total. The van der Waals surface area contributed by atoms with E-state index in [-0.39, 0.29) is 24.4 Å². The predicted octanol–water partition coefficient (Wildman–Crippen LogP) is 3.33. The van der Waals surface area contributed by atoms with Crippen molar-refractivity contribution in [1.29, 1.82) is 5.26 Å². The summed E-state index contributed by atoms with van der Waals surface area (Å²) in [6, 6.07) is 14.7. The number of fused-ring (bicyclic) bond motifs is 1. The van der Waals surface area contributed by atoms with Gasteiger partial charge in [0.2, 0.25) is 0 Å². The zero-order chi connectivity index (χ0) is 21.3. The lowest BCUT2D eigenvalue weighted by molar-refractivity contribution is -0.115. The van der Waals surface area contributed by atoms with E-state index in [0.29, 0.717) is 38.9 Å². The van der Waals surface area contributed by atoms with Crippen molar-refractivity contribution in [2.45, 2.75) is 25.8 Å². The number of anilines is 1. The number of aliphatic hydroxyl groups excluding tert-OH is 1. The topological polar surface area (TPSA) is 82.6 Å². The van der Waals surface area contributed by atoms with Crippen LogP contribution in [-0.4, -0.2) is 56.5 Å². The van der Waals surface area contributed by atoms with Gasteiger partial charge in [-0.15, -0.1) is 0 Å². The van der Waals surface area contributed by atoms with Crippen LogP contribution >= 0.6 is 0 Å². The maximum absolute atomic E-state index is 12.6. The van der Waals surface area contributed by atoms with Crippen molar-refractivity contribution in [2.75, 3.05) is 44.5 Å². The lowest BCUT2D eigenvalue weighted by atomic mass is 9.99. The van der Waals surface area contributed by atoms with E-state index in [1.807, 2.05) is 24.3 Å². The number of carbonyl (C=O) groups is 1. The van der Waals surface area contributed by atoms with Crippen LogP contribution in [0.15, 0.2) is 42.0 Å². The van der Waals surface area contributed by atoms with E-state index in [9.17, 15) is 10.1 Å². The SMILES string of the molecule is CC1CN1c1c(/C=C(\C#N)C(=O)CCCOCCOCCO)ccc2ccccc12. The summed E-state index contributed by atoms with van der Waals surface area (Å²) in [5.74, 6) is -0.171. The van der Waals surface area contributed by atoms with Gasteiger partial charge in [0.1, 0.15) is 6.07 Å². The second kappa shape index (κ2) is 10.9. The molecule has 1 aliphatic rings. The minimum absolute atomic E-state index is 0.00658. The number of Topliss-reactive ketones (excluding diaryl/α,β-unsaturated/α-hetero) is 1. The summed E-state index contributed by atoms with van der Waals surface area (Å²) in [5.41, 5.74) is 2.17. The van der Waals surface area contributed by atoms with Gasteiger partial charge < -0.3 is 19.5 Å².